The van der Waals surface area contributed by atoms with E-state index in [2.05, 4.69) is 30.9 Å². The number of carbonyl (C=O) groups is 1. The van der Waals surface area contributed by atoms with E-state index in [0.717, 1.165) is 5.56 Å². The van der Waals surface area contributed by atoms with Crippen molar-refractivity contribution in [3.05, 3.63) is 68.8 Å². The molecule has 10 nitrogen and oxygen atoms in total. The second-order valence-electron chi connectivity index (χ2n) is 7.23. The van der Waals surface area contributed by atoms with E-state index in [0.29, 0.717) is 9.37 Å². The molecule has 0 aliphatic carbocycles. The molecule has 0 saturated carbocycles. The van der Waals surface area contributed by atoms with Gasteiger partial charge >= 0.3 is 5.97 Å². The van der Waals surface area contributed by atoms with Crippen LogP contribution in [-0.2, 0) is 23.7 Å². The van der Waals surface area contributed by atoms with Crippen LogP contribution in [0.1, 0.15) is 22.3 Å². The predicted molar refractivity (Wildman–Crippen MR) is 122 cm³/mol. The van der Waals surface area contributed by atoms with Gasteiger partial charge in [0.05, 0.1) is 19.8 Å². The Morgan fingerprint density at radius 3 is 2.79 bits per heavy atom. The highest BCUT2D eigenvalue weighted by molar-refractivity contribution is 9.10. The van der Waals surface area contributed by atoms with Crippen LogP contribution in [0.15, 0.2) is 57.1 Å². The fourth-order valence-corrected chi connectivity index (χ4v) is 5.55. The number of azide groups is 1. The highest BCUT2D eigenvalue weighted by Crippen LogP contribution is 2.42. The zero-order valence-corrected chi connectivity index (χ0v) is 20.1. The summed E-state index contributed by atoms with van der Waals surface area (Å²) in [5.41, 5.74) is 9.62. The van der Waals surface area contributed by atoms with E-state index in [1.54, 1.807) is 6.07 Å². The number of hydrogen-bond donors (Lipinski definition) is 0. The minimum absolute atomic E-state index is 0.145. The Hall–Kier alpha value is -2.18. The van der Waals surface area contributed by atoms with Crippen LogP contribution < -0.4 is 0 Å². The molecule has 0 bridgehead atoms. The molecule has 2 fully saturated rings. The van der Waals surface area contributed by atoms with Crippen molar-refractivity contribution in [3.8, 4) is 0 Å². The van der Waals surface area contributed by atoms with E-state index >= 15 is 0 Å². The zero-order chi connectivity index (χ0) is 23.4. The van der Waals surface area contributed by atoms with E-state index in [4.69, 9.17) is 23.7 Å². The highest BCUT2D eigenvalue weighted by atomic mass is 79.9. The number of aromatic nitrogens is 1. The molecule has 2 saturated heterocycles. The lowest BCUT2D eigenvalue weighted by Crippen LogP contribution is -2.60. The number of fused-ring (bicyclic) bond motifs is 1. The molecule has 1 aromatic carbocycles. The third-order valence-electron chi connectivity index (χ3n) is 5.28. The van der Waals surface area contributed by atoms with Crippen LogP contribution in [0, 0.1) is 0 Å². The van der Waals surface area contributed by atoms with Gasteiger partial charge in [-0.1, -0.05) is 47.2 Å². The molecule has 2 aliphatic rings. The van der Waals surface area contributed by atoms with Gasteiger partial charge in [-0.25, -0.2) is 9.78 Å². The Bertz CT molecular complexity index is 1040. The second kappa shape index (κ2) is 10.8. The summed E-state index contributed by atoms with van der Waals surface area (Å²) in [6.45, 7) is 0.232. The number of benzene rings is 1. The Balaban J connectivity index is 1.61. The average molecular weight is 537 g/mol. The fraction of sp³-hybridized carbons (Fsp3) is 0.429. The summed E-state index contributed by atoms with van der Waals surface area (Å²) < 4.78 is 29.6. The molecule has 0 amide bonds. The van der Waals surface area contributed by atoms with Crippen LogP contribution in [0.5, 0.6) is 0 Å². The van der Waals surface area contributed by atoms with Crippen molar-refractivity contribution < 1.29 is 28.5 Å². The summed E-state index contributed by atoms with van der Waals surface area (Å²) in [5, 5.41) is 4.00. The van der Waals surface area contributed by atoms with Gasteiger partial charge in [0.15, 0.2) is 12.0 Å². The summed E-state index contributed by atoms with van der Waals surface area (Å²) in [7, 11) is 2.80. The van der Waals surface area contributed by atoms with Gasteiger partial charge < -0.3 is 23.7 Å². The number of ether oxygens (including phenoxy) is 5. The molecule has 3 heterocycles. The molecule has 2 aliphatic heterocycles. The molecule has 4 rings (SSSR count). The maximum Gasteiger partial charge on any atom is 0.357 e. The van der Waals surface area contributed by atoms with Gasteiger partial charge in [-0.3, -0.25) is 0 Å². The third kappa shape index (κ3) is 5.17. The summed E-state index contributed by atoms with van der Waals surface area (Å²) in [5.74, 6) is -0.575. The van der Waals surface area contributed by atoms with Crippen molar-refractivity contribution in [2.45, 2.75) is 41.0 Å². The Labute approximate surface area is 202 Å². The number of halogens is 1. The van der Waals surface area contributed by atoms with Gasteiger partial charge in [0.1, 0.15) is 23.7 Å². The second-order valence-corrected chi connectivity index (χ2v) is 9.28. The van der Waals surface area contributed by atoms with E-state index in [-0.39, 0.29) is 12.3 Å². The fourth-order valence-electron chi connectivity index (χ4n) is 3.77. The molecule has 0 radical (unpaired) electrons. The average Bonchev–Trinajstić information content (AvgIpc) is 2.84. The number of carbonyl (C=O) groups excluding carboxylic acids is 1. The summed E-state index contributed by atoms with van der Waals surface area (Å²) in [6, 6.07) is 10.6. The first-order valence-corrected chi connectivity index (χ1v) is 11.7. The smallest absolute Gasteiger partial charge is 0.357 e. The van der Waals surface area contributed by atoms with Crippen molar-refractivity contribution in [2.75, 3.05) is 20.8 Å². The molecule has 6 atom stereocenters. The third-order valence-corrected chi connectivity index (χ3v) is 6.89. The van der Waals surface area contributed by atoms with Crippen LogP contribution >= 0.6 is 27.7 Å². The van der Waals surface area contributed by atoms with Crippen molar-refractivity contribution in [1.82, 2.24) is 4.98 Å². The van der Waals surface area contributed by atoms with E-state index < -0.39 is 42.0 Å². The number of hydrogen-bond acceptors (Lipinski definition) is 9. The van der Waals surface area contributed by atoms with Gasteiger partial charge in [-0.2, -0.15) is 0 Å². The Morgan fingerprint density at radius 1 is 1.30 bits per heavy atom. The lowest BCUT2D eigenvalue weighted by molar-refractivity contribution is -0.298. The normalized spacial score (nSPS) is 28.9. The zero-order valence-electron chi connectivity index (χ0n) is 17.7. The maximum atomic E-state index is 12.2. The van der Waals surface area contributed by atoms with E-state index in [9.17, 15) is 10.3 Å². The molecule has 33 heavy (non-hydrogen) atoms. The standard InChI is InChI=1S/C21H21BrN4O6S/c1-28-18-16(25-26-23)17-13(10-30-20(32-17)11-6-4-3-5-7-11)31-21(18)33-14-8-12(22)9-24-15(14)19(27)29-2/h3-9,13,16-18,20-21H,10H2,1-2H3/t13?,16?,17-,18?,20?,21+/m0/s1. The van der Waals surface area contributed by atoms with Crippen molar-refractivity contribution in [2.24, 2.45) is 5.11 Å². The Morgan fingerprint density at radius 2 is 2.09 bits per heavy atom. The molecular weight excluding hydrogens is 516 g/mol. The monoisotopic (exact) mass is 536 g/mol. The van der Waals surface area contributed by atoms with Crippen LogP contribution in [-0.4, -0.2) is 61.6 Å². The minimum atomic E-state index is -0.687. The number of esters is 1. The number of methoxy groups -OCH3 is 2. The lowest BCUT2D eigenvalue weighted by Gasteiger charge is -2.47. The number of pyridine rings is 1. The van der Waals surface area contributed by atoms with Crippen LogP contribution in [0.25, 0.3) is 10.4 Å². The maximum absolute atomic E-state index is 12.2. The largest absolute Gasteiger partial charge is 0.464 e. The Kier molecular flexibility index (Phi) is 7.86. The molecule has 174 valence electrons. The molecule has 0 N–H and O–H groups in total. The quantitative estimate of drug-likeness (QED) is 0.232. The summed E-state index contributed by atoms with van der Waals surface area (Å²) in [4.78, 5) is 19.9. The van der Waals surface area contributed by atoms with Gasteiger partial charge in [0, 0.05) is 33.2 Å². The first kappa shape index (κ1) is 24.0. The highest BCUT2D eigenvalue weighted by Gasteiger charge is 2.50. The van der Waals surface area contributed by atoms with E-state index in [1.165, 1.54) is 32.2 Å². The summed E-state index contributed by atoms with van der Waals surface area (Å²) in [6.07, 6.45) is -0.856. The van der Waals surface area contributed by atoms with Gasteiger partial charge in [-0.05, 0) is 27.5 Å². The van der Waals surface area contributed by atoms with Crippen LogP contribution in [0.3, 0.4) is 0 Å². The molecule has 2 aromatic rings. The lowest BCUT2D eigenvalue weighted by atomic mass is 9.96. The minimum Gasteiger partial charge on any atom is -0.464 e. The first-order valence-electron chi connectivity index (χ1n) is 10.0. The summed E-state index contributed by atoms with van der Waals surface area (Å²) >= 11 is 4.61. The van der Waals surface area contributed by atoms with Crippen molar-refractivity contribution in [1.29, 1.82) is 0 Å². The molecule has 0 spiro atoms. The van der Waals surface area contributed by atoms with Crippen LogP contribution in [0.4, 0.5) is 0 Å². The van der Waals surface area contributed by atoms with Gasteiger partial charge in [-0.15, -0.1) is 0 Å². The molecule has 12 heteroatoms. The molecule has 1 aromatic heterocycles. The van der Waals surface area contributed by atoms with Crippen molar-refractivity contribution in [3.63, 3.8) is 0 Å². The molecular formula is C21H21BrN4O6S. The van der Waals surface area contributed by atoms with Gasteiger partial charge in [0.2, 0.25) is 0 Å². The topological polar surface area (TPSA) is 125 Å². The number of nitrogens with zero attached hydrogens (tertiary/aromatic N) is 4. The van der Waals surface area contributed by atoms with Crippen LogP contribution in [0.2, 0.25) is 0 Å². The van der Waals surface area contributed by atoms with Gasteiger partial charge in [0.25, 0.3) is 0 Å². The first-order chi connectivity index (χ1) is 16.0. The number of thioether (sulfide) groups is 1. The SMILES string of the molecule is COC(=O)c1ncc(Br)cc1S[C@H]1OC2COC(c3ccccc3)O[C@@H]2C(N=[N+]=[N-])C1OC. The molecule has 4 unspecified atom stereocenters. The van der Waals surface area contributed by atoms with E-state index in [1.807, 2.05) is 30.3 Å². The predicted octanol–water partition coefficient (Wildman–Crippen LogP) is 4.26. The number of rotatable bonds is 6. The van der Waals surface area contributed by atoms with Crippen molar-refractivity contribution >= 4 is 33.7 Å².